The zero-order valence-corrected chi connectivity index (χ0v) is 12.8. The van der Waals surface area contributed by atoms with E-state index in [1.807, 2.05) is 13.0 Å². The summed E-state index contributed by atoms with van der Waals surface area (Å²) in [6, 6.07) is 8.27. The molecule has 0 saturated carbocycles. The first-order chi connectivity index (χ1) is 9.99. The van der Waals surface area contributed by atoms with Gasteiger partial charge in [0.2, 0.25) is 0 Å². The molecule has 0 saturated heterocycles. The van der Waals surface area contributed by atoms with Gasteiger partial charge in [-0.3, -0.25) is 9.78 Å². The van der Waals surface area contributed by atoms with Crippen molar-refractivity contribution in [2.45, 2.75) is 13.5 Å². The Morgan fingerprint density at radius 3 is 2.81 bits per heavy atom. The second-order valence-electron chi connectivity index (χ2n) is 4.46. The average Bonchev–Trinajstić information content (AvgIpc) is 2.48. The van der Waals surface area contributed by atoms with E-state index in [0.717, 1.165) is 10.0 Å². The number of carboxylic acids is 1. The Bertz CT molecular complexity index is 701. The first-order valence-corrected chi connectivity index (χ1v) is 7.00. The summed E-state index contributed by atoms with van der Waals surface area (Å²) in [5.41, 5.74) is 2.14. The van der Waals surface area contributed by atoms with E-state index in [1.54, 1.807) is 12.1 Å². The molecule has 2 rings (SSSR count). The zero-order chi connectivity index (χ0) is 15.4. The van der Waals surface area contributed by atoms with Crippen LogP contribution in [0.3, 0.4) is 0 Å². The lowest BCUT2D eigenvalue weighted by molar-refractivity contribution is 0.0696. The van der Waals surface area contributed by atoms with Crippen LogP contribution in [0.5, 0.6) is 0 Å². The standard InChI is InChI=1S/C15H13BrN2O3/c1-9-3-2-4-12(13(9)16)14(19)18-8-11-7-10(15(20)21)5-6-17-11/h2-7H,8H2,1H3,(H,18,19)(H,20,21). The second-order valence-corrected chi connectivity index (χ2v) is 5.25. The number of aromatic carboxylic acids is 1. The number of hydrogen-bond acceptors (Lipinski definition) is 3. The summed E-state index contributed by atoms with van der Waals surface area (Å²) >= 11 is 3.38. The molecule has 0 unspecified atom stereocenters. The fraction of sp³-hybridized carbons (Fsp3) is 0.133. The minimum atomic E-state index is -1.02. The quantitative estimate of drug-likeness (QED) is 0.890. The van der Waals surface area contributed by atoms with Crippen molar-refractivity contribution in [1.29, 1.82) is 0 Å². The maximum absolute atomic E-state index is 12.1. The lowest BCUT2D eigenvalue weighted by Crippen LogP contribution is -2.24. The Morgan fingerprint density at radius 2 is 2.10 bits per heavy atom. The summed E-state index contributed by atoms with van der Waals surface area (Å²) < 4.78 is 0.745. The summed E-state index contributed by atoms with van der Waals surface area (Å²) in [4.78, 5) is 27.0. The number of nitrogens with zero attached hydrogens (tertiary/aromatic N) is 1. The van der Waals surface area contributed by atoms with Gasteiger partial charge in [-0.2, -0.15) is 0 Å². The third kappa shape index (κ3) is 3.66. The fourth-order valence-corrected chi connectivity index (χ4v) is 2.24. The van der Waals surface area contributed by atoms with Gasteiger partial charge in [0.15, 0.2) is 0 Å². The molecular formula is C15H13BrN2O3. The number of pyridine rings is 1. The van der Waals surface area contributed by atoms with E-state index in [-0.39, 0.29) is 18.0 Å². The van der Waals surface area contributed by atoms with E-state index >= 15 is 0 Å². The maximum Gasteiger partial charge on any atom is 0.335 e. The van der Waals surface area contributed by atoms with Crippen molar-refractivity contribution < 1.29 is 14.7 Å². The smallest absolute Gasteiger partial charge is 0.335 e. The van der Waals surface area contributed by atoms with E-state index in [4.69, 9.17) is 5.11 Å². The van der Waals surface area contributed by atoms with E-state index in [0.29, 0.717) is 11.3 Å². The van der Waals surface area contributed by atoms with Crippen molar-refractivity contribution in [3.8, 4) is 0 Å². The average molecular weight is 349 g/mol. The van der Waals surface area contributed by atoms with E-state index in [2.05, 4.69) is 26.2 Å². The highest BCUT2D eigenvalue weighted by Gasteiger charge is 2.11. The number of amides is 1. The van der Waals surface area contributed by atoms with Crippen LogP contribution in [-0.2, 0) is 6.54 Å². The summed E-state index contributed by atoms with van der Waals surface area (Å²) in [5, 5.41) is 11.6. The van der Waals surface area contributed by atoms with Crippen LogP contribution < -0.4 is 5.32 Å². The predicted molar refractivity (Wildman–Crippen MR) is 81.2 cm³/mol. The normalized spacial score (nSPS) is 10.2. The summed E-state index contributed by atoms with van der Waals surface area (Å²) in [6.45, 7) is 2.07. The number of carboxylic acid groups (broad SMARTS) is 1. The highest BCUT2D eigenvalue weighted by atomic mass is 79.9. The Hall–Kier alpha value is -2.21. The molecule has 1 amide bonds. The molecule has 1 aromatic carbocycles. The highest BCUT2D eigenvalue weighted by Crippen LogP contribution is 2.20. The summed E-state index contributed by atoms with van der Waals surface area (Å²) in [6.07, 6.45) is 1.41. The second kappa shape index (κ2) is 6.49. The number of carbonyl (C=O) groups is 2. The molecule has 0 aliphatic rings. The molecule has 108 valence electrons. The van der Waals surface area contributed by atoms with Crippen LogP contribution in [0.2, 0.25) is 0 Å². The number of nitrogens with one attached hydrogen (secondary N) is 1. The van der Waals surface area contributed by atoms with Gasteiger partial charge in [-0.15, -0.1) is 0 Å². The van der Waals surface area contributed by atoms with Crippen molar-refractivity contribution in [3.05, 3.63) is 63.4 Å². The Kier molecular flexibility index (Phi) is 4.70. The molecule has 0 bridgehead atoms. The SMILES string of the molecule is Cc1cccc(C(=O)NCc2cc(C(=O)O)ccn2)c1Br. The molecule has 0 aliphatic carbocycles. The minimum absolute atomic E-state index is 0.144. The van der Waals surface area contributed by atoms with Crippen LogP contribution in [0.4, 0.5) is 0 Å². The topological polar surface area (TPSA) is 79.3 Å². The number of hydrogen-bond donors (Lipinski definition) is 2. The molecular weight excluding hydrogens is 336 g/mol. The van der Waals surface area contributed by atoms with Crippen LogP contribution in [0.25, 0.3) is 0 Å². The molecule has 0 radical (unpaired) electrons. The largest absolute Gasteiger partial charge is 0.478 e. The number of aromatic nitrogens is 1. The number of carbonyl (C=O) groups excluding carboxylic acids is 1. The third-order valence-electron chi connectivity index (χ3n) is 2.93. The maximum atomic E-state index is 12.1. The molecule has 0 spiro atoms. The monoisotopic (exact) mass is 348 g/mol. The van der Waals surface area contributed by atoms with Gasteiger partial charge in [0.25, 0.3) is 5.91 Å². The van der Waals surface area contributed by atoms with Crippen LogP contribution in [0.15, 0.2) is 41.0 Å². The zero-order valence-electron chi connectivity index (χ0n) is 11.3. The molecule has 1 heterocycles. The molecule has 2 N–H and O–H groups in total. The van der Waals surface area contributed by atoms with E-state index in [1.165, 1.54) is 18.3 Å². The van der Waals surface area contributed by atoms with Crippen LogP contribution in [-0.4, -0.2) is 22.0 Å². The van der Waals surface area contributed by atoms with Crippen molar-refractivity contribution in [1.82, 2.24) is 10.3 Å². The number of aryl methyl sites for hydroxylation is 1. The van der Waals surface area contributed by atoms with Gasteiger partial charge in [-0.05, 0) is 46.6 Å². The number of benzene rings is 1. The van der Waals surface area contributed by atoms with Crippen LogP contribution in [0.1, 0.15) is 32.0 Å². The molecule has 2 aromatic rings. The van der Waals surface area contributed by atoms with Crippen molar-refractivity contribution in [2.24, 2.45) is 0 Å². The fourth-order valence-electron chi connectivity index (χ4n) is 1.80. The molecule has 5 nitrogen and oxygen atoms in total. The third-order valence-corrected chi connectivity index (χ3v) is 3.98. The predicted octanol–water partition coefficient (Wildman–Crippen LogP) is 2.78. The van der Waals surface area contributed by atoms with Crippen LogP contribution >= 0.6 is 15.9 Å². The van der Waals surface area contributed by atoms with Crippen molar-refractivity contribution in [3.63, 3.8) is 0 Å². The lowest BCUT2D eigenvalue weighted by atomic mass is 10.1. The first-order valence-electron chi connectivity index (χ1n) is 6.20. The number of rotatable bonds is 4. The Labute approximate surface area is 130 Å². The lowest BCUT2D eigenvalue weighted by Gasteiger charge is -2.08. The van der Waals surface area contributed by atoms with Crippen molar-refractivity contribution >= 4 is 27.8 Å². The summed E-state index contributed by atoms with van der Waals surface area (Å²) in [7, 11) is 0. The van der Waals surface area contributed by atoms with Gasteiger partial charge in [0.1, 0.15) is 0 Å². The van der Waals surface area contributed by atoms with Gasteiger partial charge in [-0.1, -0.05) is 12.1 Å². The molecule has 0 fully saturated rings. The Balaban J connectivity index is 2.09. The molecule has 0 aliphatic heterocycles. The van der Waals surface area contributed by atoms with Gasteiger partial charge in [0.05, 0.1) is 23.4 Å². The highest BCUT2D eigenvalue weighted by molar-refractivity contribution is 9.10. The number of halogens is 1. The van der Waals surface area contributed by atoms with Gasteiger partial charge < -0.3 is 10.4 Å². The Morgan fingerprint density at radius 1 is 1.33 bits per heavy atom. The van der Waals surface area contributed by atoms with Crippen molar-refractivity contribution in [2.75, 3.05) is 0 Å². The van der Waals surface area contributed by atoms with E-state index in [9.17, 15) is 9.59 Å². The molecule has 6 heteroatoms. The van der Waals surface area contributed by atoms with E-state index < -0.39 is 5.97 Å². The van der Waals surface area contributed by atoms with Gasteiger partial charge >= 0.3 is 5.97 Å². The van der Waals surface area contributed by atoms with Crippen LogP contribution in [0, 0.1) is 6.92 Å². The summed E-state index contributed by atoms with van der Waals surface area (Å²) in [5.74, 6) is -1.26. The molecule has 1 aromatic heterocycles. The molecule has 21 heavy (non-hydrogen) atoms. The van der Waals surface area contributed by atoms with Gasteiger partial charge in [0, 0.05) is 10.7 Å². The first kappa shape index (κ1) is 15.2. The molecule has 0 atom stereocenters. The van der Waals surface area contributed by atoms with Gasteiger partial charge in [-0.25, -0.2) is 4.79 Å². The minimum Gasteiger partial charge on any atom is -0.478 e.